The molecule has 20 heavy (non-hydrogen) atoms. The Morgan fingerprint density at radius 1 is 1.10 bits per heavy atom. The van der Waals surface area contributed by atoms with Gasteiger partial charge in [-0.15, -0.1) is 0 Å². The molecule has 0 spiro atoms. The highest BCUT2D eigenvalue weighted by Gasteiger charge is 2.12. The lowest BCUT2D eigenvalue weighted by atomic mass is 10.1. The van der Waals surface area contributed by atoms with Crippen molar-refractivity contribution < 1.29 is 4.79 Å². The molecule has 0 saturated carbocycles. The van der Waals surface area contributed by atoms with Gasteiger partial charge < -0.3 is 5.32 Å². The van der Waals surface area contributed by atoms with Crippen molar-refractivity contribution in [2.24, 2.45) is 0 Å². The highest BCUT2D eigenvalue weighted by Crippen LogP contribution is 2.23. The molecule has 1 N–H and O–H groups in total. The maximum atomic E-state index is 12.1. The second-order valence-corrected chi connectivity index (χ2v) is 6.11. The summed E-state index contributed by atoms with van der Waals surface area (Å²) in [5, 5.41) is 3.73. The standard InChI is InChI=1S/C15H12BrCl2NO/c1-9(10-2-5-12(16)6-3-10)19-15(20)11-4-7-13(17)14(18)8-11/h2-9H,1H3,(H,19,20)/t9-/m0/s1. The van der Waals surface area contributed by atoms with E-state index in [9.17, 15) is 4.79 Å². The van der Waals surface area contributed by atoms with Gasteiger partial charge in [-0.1, -0.05) is 51.3 Å². The van der Waals surface area contributed by atoms with Gasteiger partial charge in [0.05, 0.1) is 16.1 Å². The Labute approximate surface area is 136 Å². The minimum atomic E-state index is -0.181. The molecule has 0 saturated heterocycles. The van der Waals surface area contributed by atoms with Crippen LogP contribution in [0.25, 0.3) is 0 Å². The Balaban J connectivity index is 2.10. The quantitative estimate of drug-likeness (QED) is 0.783. The van der Waals surface area contributed by atoms with E-state index in [0.717, 1.165) is 10.0 Å². The molecular formula is C15H12BrCl2NO. The molecule has 1 amide bonds. The molecule has 2 aromatic carbocycles. The van der Waals surface area contributed by atoms with Crippen LogP contribution in [0, 0.1) is 0 Å². The number of carbonyl (C=O) groups excluding carboxylic acids is 1. The first-order chi connectivity index (χ1) is 9.47. The first-order valence-corrected chi connectivity index (χ1v) is 7.53. The molecule has 0 heterocycles. The molecule has 1 atom stereocenters. The number of nitrogens with one attached hydrogen (secondary N) is 1. The van der Waals surface area contributed by atoms with Gasteiger partial charge in [0.15, 0.2) is 0 Å². The van der Waals surface area contributed by atoms with Crippen LogP contribution in [-0.2, 0) is 0 Å². The lowest BCUT2D eigenvalue weighted by molar-refractivity contribution is 0.0940. The van der Waals surface area contributed by atoms with Crippen molar-refractivity contribution in [3.05, 3.63) is 68.1 Å². The van der Waals surface area contributed by atoms with Crippen molar-refractivity contribution in [3.63, 3.8) is 0 Å². The van der Waals surface area contributed by atoms with Gasteiger partial charge in [-0.25, -0.2) is 0 Å². The van der Waals surface area contributed by atoms with Crippen LogP contribution in [0.3, 0.4) is 0 Å². The van der Waals surface area contributed by atoms with E-state index in [1.54, 1.807) is 18.2 Å². The summed E-state index contributed by atoms with van der Waals surface area (Å²) in [6.07, 6.45) is 0. The molecule has 0 unspecified atom stereocenters. The molecule has 0 radical (unpaired) electrons. The molecule has 2 aromatic rings. The van der Waals surface area contributed by atoms with Crippen molar-refractivity contribution in [2.75, 3.05) is 0 Å². The number of carbonyl (C=O) groups is 1. The summed E-state index contributed by atoms with van der Waals surface area (Å²) < 4.78 is 1.00. The fraction of sp³-hybridized carbons (Fsp3) is 0.133. The van der Waals surface area contributed by atoms with Gasteiger partial charge in [0.25, 0.3) is 5.91 Å². The van der Waals surface area contributed by atoms with Crippen LogP contribution in [0.4, 0.5) is 0 Å². The van der Waals surface area contributed by atoms with Crippen LogP contribution in [0.5, 0.6) is 0 Å². The lowest BCUT2D eigenvalue weighted by Crippen LogP contribution is -2.26. The number of hydrogen-bond donors (Lipinski definition) is 1. The first-order valence-electron chi connectivity index (χ1n) is 5.99. The predicted molar refractivity (Wildman–Crippen MR) is 86.5 cm³/mol. The first kappa shape index (κ1) is 15.4. The minimum absolute atomic E-state index is 0.0925. The predicted octanol–water partition coefficient (Wildman–Crippen LogP) is 5.25. The van der Waals surface area contributed by atoms with E-state index in [2.05, 4.69) is 21.2 Å². The second kappa shape index (κ2) is 6.61. The monoisotopic (exact) mass is 371 g/mol. The third kappa shape index (κ3) is 3.75. The molecule has 0 fully saturated rings. The SMILES string of the molecule is C[C@H](NC(=O)c1ccc(Cl)c(Cl)c1)c1ccc(Br)cc1. The molecule has 0 aliphatic carbocycles. The Kier molecular flexibility index (Phi) is 5.08. The summed E-state index contributed by atoms with van der Waals surface area (Å²) in [7, 11) is 0. The average Bonchev–Trinajstić information content (AvgIpc) is 2.42. The zero-order chi connectivity index (χ0) is 14.7. The third-order valence-corrected chi connectivity index (χ3v) is 4.17. The molecule has 5 heteroatoms. The largest absolute Gasteiger partial charge is 0.346 e. The molecule has 0 bridgehead atoms. The second-order valence-electron chi connectivity index (χ2n) is 4.38. The number of hydrogen-bond acceptors (Lipinski definition) is 1. The van der Waals surface area contributed by atoms with Crippen LogP contribution in [0.1, 0.15) is 28.9 Å². The Hall–Kier alpha value is -1.03. The number of halogens is 3. The maximum Gasteiger partial charge on any atom is 0.251 e. The molecular weight excluding hydrogens is 361 g/mol. The number of benzene rings is 2. The average molecular weight is 373 g/mol. The highest BCUT2D eigenvalue weighted by atomic mass is 79.9. The summed E-state index contributed by atoms with van der Waals surface area (Å²) in [6.45, 7) is 1.93. The fourth-order valence-electron chi connectivity index (χ4n) is 1.75. The topological polar surface area (TPSA) is 29.1 Å². The lowest BCUT2D eigenvalue weighted by Gasteiger charge is -2.14. The molecule has 0 aliphatic heterocycles. The highest BCUT2D eigenvalue weighted by molar-refractivity contribution is 9.10. The number of amides is 1. The van der Waals surface area contributed by atoms with Crippen molar-refractivity contribution in [3.8, 4) is 0 Å². The zero-order valence-corrected chi connectivity index (χ0v) is 13.8. The van der Waals surface area contributed by atoms with E-state index in [1.165, 1.54) is 0 Å². The van der Waals surface area contributed by atoms with Crippen molar-refractivity contribution in [1.82, 2.24) is 5.32 Å². The molecule has 2 rings (SSSR count). The van der Waals surface area contributed by atoms with Crippen LogP contribution in [0.2, 0.25) is 10.0 Å². The minimum Gasteiger partial charge on any atom is -0.346 e. The normalized spacial score (nSPS) is 12.0. The van der Waals surface area contributed by atoms with Gasteiger partial charge in [-0.2, -0.15) is 0 Å². The fourth-order valence-corrected chi connectivity index (χ4v) is 2.31. The van der Waals surface area contributed by atoms with Gasteiger partial charge in [-0.3, -0.25) is 4.79 Å². The van der Waals surface area contributed by atoms with Gasteiger partial charge in [-0.05, 0) is 42.8 Å². The Bertz CT molecular complexity index is 628. The third-order valence-electron chi connectivity index (χ3n) is 2.90. The Morgan fingerprint density at radius 2 is 1.75 bits per heavy atom. The van der Waals surface area contributed by atoms with E-state index in [1.807, 2.05) is 31.2 Å². The van der Waals surface area contributed by atoms with Crippen molar-refractivity contribution in [1.29, 1.82) is 0 Å². The van der Waals surface area contributed by atoms with E-state index >= 15 is 0 Å². The van der Waals surface area contributed by atoms with Crippen molar-refractivity contribution in [2.45, 2.75) is 13.0 Å². The zero-order valence-electron chi connectivity index (χ0n) is 10.7. The van der Waals surface area contributed by atoms with E-state index < -0.39 is 0 Å². The number of rotatable bonds is 3. The van der Waals surface area contributed by atoms with Crippen LogP contribution >= 0.6 is 39.1 Å². The van der Waals surface area contributed by atoms with E-state index in [4.69, 9.17) is 23.2 Å². The van der Waals surface area contributed by atoms with Gasteiger partial charge in [0, 0.05) is 10.0 Å². The summed E-state index contributed by atoms with van der Waals surface area (Å²) in [5.74, 6) is -0.181. The van der Waals surface area contributed by atoms with Crippen LogP contribution in [0.15, 0.2) is 46.9 Å². The van der Waals surface area contributed by atoms with Crippen LogP contribution in [-0.4, -0.2) is 5.91 Å². The summed E-state index contributed by atoms with van der Waals surface area (Å²) in [6, 6.07) is 12.5. The maximum absolute atomic E-state index is 12.1. The molecule has 104 valence electrons. The van der Waals surface area contributed by atoms with Gasteiger partial charge >= 0.3 is 0 Å². The molecule has 0 aliphatic rings. The van der Waals surface area contributed by atoms with E-state index in [0.29, 0.717) is 15.6 Å². The molecule has 0 aromatic heterocycles. The van der Waals surface area contributed by atoms with Gasteiger partial charge in [0.1, 0.15) is 0 Å². The van der Waals surface area contributed by atoms with E-state index in [-0.39, 0.29) is 11.9 Å². The summed E-state index contributed by atoms with van der Waals surface area (Å²) >= 11 is 15.1. The molecule has 2 nitrogen and oxygen atoms in total. The summed E-state index contributed by atoms with van der Waals surface area (Å²) in [5.41, 5.74) is 1.52. The van der Waals surface area contributed by atoms with Gasteiger partial charge in [0.2, 0.25) is 0 Å². The van der Waals surface area contributed by atoms with Crippen molar-refractivity contribution >= 4 is 45.0 Å². The summed E-state index contributed by atoms with van der Waals surface area (Å²) in [4.78, 5) is 12.1. The van der Waals surface area contributed by atoms with Crippen LogP contribution < -0.4 is 5.32 Å². The smallest absolute Gasteiger partial charge is 0.251 e. The Morgan fingerprint density at radius 3 is 2.35 bits per heavy atom.